The van der Waals surface area contributed by atoms with Gasteiger partial charge in [-0.3, -0.25) is 0 Å². The lowest BCUT2D eigenvalue weighted by molar-refractivity contribution is -0.137. The highest BCUT2D eigenvalue weighted by Crippen LogP contribution is 2.29. The van der Waals surface area contributed by atoms with Gasteiger partial charge in [0, 0.05) is 13.1 Å². The maximum Gasteiger partial charge on any atom is 0.416 e. The number of guanidine groups is 1. The second-order valence-corrected chi connectivity index (χ2v) is 5.99. The van der Waals surface area contributed by atoms with Gasteiger partial charge >= 0.3 is 6.18 Å². The molecule has 0 fully saturated rings. The van der Waals surface area contributed by atoms with Gasteiger partial charge in [0.05, 0.1) is 18.7 Å². The molecule has 2 rings (SSSR count). The Morgan fingerprint density at radius 2 is 1.67 bits per heavy atom. The molecule has 0 atom stereocenters. The largest absolute Gasteiger partial charge is 0.416 e. The van der Waals surface area contributed by atoms with Crippen molar-refractivity contribution in [2.45, 2.75) is 32.7 Å². The zero-order valence-electron chi connectivity index (χ0n) is 15.2. The first kappa shape index (κ1) is 20.8. The maximum atomic E-state index is 12.6. The van der Waals surface area contributed by atoms with Crippen molar-refractivity contribution in [3.05, 3.63) is 70.8 Å². The summed E-state index contributed by atoms with van der Waals surface area (Å²) in [6.45, 7) is 3.57. The molecule has 0 spiro atoms. The van der Waals surface area contributed by atoms with Gasteiger partial charge in [-0.2, -0.15) is 13.2 Å². The summed E-state index contributed by atoms with van der Waals surface area (Å²) in [6.07, 6.45) is -3.73. The molecule has 27 heavy (non-hydrogen) atoms. The fraction of sp³-hybridized carbons (Fsp3) is 0.350. The standard InChI is InChI=1S/C20H24F3N3O/c1-2-24-19(26-13-16-5-3-4-6-17(16)14-27)25-12-11-15-7-9-18(10-8-15)20(21,22)23/h3-10,27H,2,11-14H2,1H3,(H2,24,25,26). The average Bonchev–Trinajstić information content (AvgIpc) is 2.66. The van der Waals surface area contributed by atoms with E-state index in [9.17, 15) is 18.3 Å². The van der Waals surface area contributed by atoms with Crippen LogP contribution in [0.1, 0.15) is 29.2 Å². The maximum absolute atomic E-state index is 12.6. The first-order valence-corrected chi connectivity index (χ1v) is 8.80. The molecule has 0 saturated carbocycles. The molecule has 0 radical (unpaired) electrons. The lowest BCUT2D eigenvalue weighted by Gasteiger charge is -2.12. The van der Waals surface area contributed by atoms with Crippen molar-refractivity contribution in [1.82, 2.24) is 10.6 Å². The average molecular weight is 379 g/mol. The van der Waals surface area contributed by atoms with Gasteiger partial charge in [-0.05, 0) is 42.2 Å². The van der Waals surface area contributed by atoms with Crippen LogP contribution in [0.2, 0.25) is 0 Å². The van der Waals surface area contributed by atoms with E-state index in [0.29, 0.717) is 32.0 Å². The van der Waals surface area contributed by atoms with Crippen LogP contribution >= 0.6 is 0 Å². The van der Waals surface area contributed by atoms with Crippen LogP contribution < -0.4 is 10.6 Å². The molecule has 0 aliphatic heterocycles. The molecule has 0 aliphatic carbocycles. The van der Waals surface area contributed by atoms with E-state index in [1.54, 1.807) is 0 Å². The Labute approximate surface area is 157 Å². The molecular formula is C20H24F3N3O. The van der Waals surface area contributed by atoms with Crippen molar-refractivity contribution in [1.29, 1.82) is 0 Å². The Bertz CT molecular complexity index is 743. The minimum atomic E-state index is -4.31. The summed E-state index contributed by atoms with van der Waals surface area (Å²) in [7, 11) is 0. The van der Waals surface area contributed by atoms with Crippen molar-refractivity contribution in [3.63, 3.8) is 0 Å². The molecule has 0 amide bonds. The smallest absolute Gasteiger partial charge is 0.392 e. The van der Waals surface area contributed by atoms with Crippen LogP contribution in [0.15, 0.2) is 53.5 Å². The van der Waals surface area contributed by atoms with Crippen LogP contribution in [-0.4, -0.2) is 24.2 Å². The number of rotatable bonds is 7. The van der Waals surface area contributed by atoms with E-state index in [4.69, 9.17) is 0 Å². The van der Waals surface area contributed by atoms with Crippen molar-refractivity contribution < 1.29 is 18.3 Å². The van der Waals surface area contributed by atoms with Gasteiger partial charge < -0.3 is 15.7 Å². The van der Waals surface area contributed by atoms with Crippen LogP contribution in [-0.2, 0) is 25.7 Å². The van der Waals surface area contributed by atoms with Crippen molar-refractivity contribution >= 4 is 5.96 Å². The van der Waals surface area contributed by atoms with Crippen LogP contribution in [0.5, 0.6) is 0 Å². The molecular weight excluding hydrogens is 355 g/mol. The lowest BCUT2D eigenvalue weighted by atomic mass is 10.1. The predicted octanol–water partition coefficient (Wildman–Crippen LogP) is 3.50. The van der Waals surface area contributed by atoms with E-state index in [-0.39, 0.29) is 6.61 Å². The Balaban J connectivity index is 1.92. The number of hydrogen-bond acceptors (Lipinski definition) is 2. The second-order valence-electron chi connectivity index (χ2n) is 5.99. The topological polar surface area (TPSA) is 56.7 Å². The molecule has 0 aliphatic rings. The molecule has 0 saturated heterocycles. The molecule has 0 unspecified atom stereocenters. The van der Waals surface area contributed by atoms with Gasteiger partial charge in [-0.1, -0.05) is 36.4 Å². The van der Waals surface area contributed by atoms with Crippen LogP contribution in [0.4, 0.5) is 13.2 Å². The Kier molecular flexibility index (Phi) is 7.67. The second kappa shape index (κ2) is 9.97. The summed E-state index contributed by atoms with van der Waals surface area (Å²) in [6, 6.07) is 12.7. The molecule has 2 aromatic rings. The molecule has 7 heteroatoms. The van der Waals surface area contributed by atoms with Crippen molar-refractivity contribution in [3.8, 4) is 0 Å². The van der Waals surface area contributed by atoms with Crippen LogP contribution in [0.3, 0.4) is 0 Å². The minimum absolute atomic E-state index is 0.0381. The number of alkyl halides is 3. The number of nitrogens with zero attached hydrogens (tertiary/aromatic N) is 1. The lowest BCUT2D eigenvalue weighted by Crippen LogP contribution is -2.38. The van der Waals surface area contributed by atoms with Crippen LogP contribution in [0.25, 0.3) is 0 Å². The van der Waals surface area contributed by atoms with Crippen molar-refractivity contribution in [2.24, 2.45) is 4.99 Å². The quantitative estimate of drug-likeness (QED) is 0.510. The number of benzene rings is 2. The molecule has 0 aromatic heterocycles. The minimum Gasteiger partial charge on any atom is -0.392 e. The van der Waals surface area contributed by atoms with E-state index in [1.807, 2.05) is 31.2 Å². The fourth-order valence-corrected chi connectivity index (χ4v) is 2.56. The molecule has 0 bridgehead atoms. The fourth-order valence-electron chi connectivity index (χ4n) is 2.56. The molecule has 146 valence electrons. The van der Waals surface area contributed by atoms with E-state index >= 15 is 0 Å². The first-order valence-electron chi connectivity index (χ1n) is 8.80. The molecule has 4 nitrogen and oxygen atoms in total. The van der Waals surface area contributed by atoms with Crippen LogP contribution in [0, 0.1) is 0 Å². The number of hydrogen-bond donors (Lipinski definition) is 3. The Morgan fingerprint density at radius 3 is 2.26 bits per heavy atom. The number of halogens is 3. The normalized spacial score (nSPS) is 12.1. The molecule has 0 heterocycles. The summed E-state index contributed by atoms with van der Waals surface area (Å²) in [5.74, 6) is 0.622. The van der Waals surface area contributed by atoms with Gasteiger partial charge in [0.2, 0.25) is 0 Å². The number of aliphatic hydroxyl groups is 1. The number of aliphatic imine (C=N–C) groups is 1. The molecule has 3 N–H and O–H groups in total. The zero-order chi connectivity index (χ0) is 19.7. The Morgan fingerprint density at radius 1 is 1.00 bits per heavy atom. The van der Waals surface area contributed by atoms with Crippen molar-refractivity contribution in [2.75, 3.05) is 13.1 Å². The molecule has 2 aromatic carbocycles. The summed E-state index contributed by atoms with van der Waals surface area (Å²) in [4.78, 5) is 4.50. The highest BCUT2D eigenvalue weighted by Gasteiger charge is 2.29. The number of aliphatic hydroxyl groups excluding tert-OH is 1. The summed E-state index contributed by atoms with van der Waals surface area (Å²) in [5.41, 5.74) is 1.95. The summed E-state index contributed by atoms with van der Waals surface area (Å²) < 4.78 is 37.8. The van der Waals surface area contributed by atoms with Gasteiger partial charge in [0.1, 0.15) is 0 Å². The summed E-state index contributed by atoms with van der Waals surface area (Å²) in [5, 5.41) is 15.7. The van der Waals surface area contributed by atoms with E-state index in [0.717, 1.165) is 28.8 Å². The van der Waals surface area contributed by atoms with E-state index < -0.39 is 11.7 Å². The monoisotopic (exact) mass is 379 g/mol. The van der Waals surface area contributed by atoms with E-state index in [2.05, 4.69) is 15.6 Å². The first-order chi connectivity index (χ1) is 12.9. The van der Waals surface area contributed by atoms with Gasteiger partial charge in [-0.15, -0.1) is 0 Å². The third kappa shape index (κ3) is 6.60. The van der Waals surface area contributed by atoms with Gasteiger partial charge in [0.25, 0.3) is 0 Å². The number of nitrogens with one attached hydrogen (secondary N) is 2. The zero-order valence-corrected chi connectivity index (χ0v) is 15.2. The van der Waals surface area contributed by atoms with E-state index in [1.165, 1.54) is 12.1 Å². The third-order valence-corrected chi connectivity index (χ3v) is 4.03. The summed E-state index contributed by atoms with van der Waals surface area (Å²) >= 11 is 0. The Hall–Kier alpha value is -2.54. The SMILES string of the molecule is CCNC(=NCc1ccccc1CO)NCCc1ccc(C(F)(F)F)cc1. The highest BCUT2D eigenvalue weighted by atomic mass is 19.4. The van der Waals surface area contributed by atoms with Gasteiger partial charge in [-0.25, -0.2) is 4.99 Å². The predicted molar refractivity (Wildman–Crippen MR) is 100 cm³/mol. The highest BCUT2D eigenvalue weighted by molar-refractivity contribution is 5.79. The third-order valence-electron chi connectivity index (χ3n) is 4.03. The van der Waals surface area contributed by atoms with Gasteiger partial charge in [0.15, 0.2) is 5.96 Å².